The van der Waals surface area contributed by atoms with Crippen LogP contribution >= 0.6 is 0 Å². The summed E-state index contributed by atoms with van der Waals surface area (Å²) in [5, 5.41) is 0. The third-order valence-corrected chi connectivity index (χ3v) is 7.89. The van der Waals surface area contributed by atoms with Crippen molar-refractivity contribution in [3.63, 3.8) is 0 Å². The zero-order chi connectivity index (χ0) is 19.4. The molecular weight excluding hydrogens is 332 g/mol. The maximum Gasteiger partial charge on any atom is 0.0120 e. The van der Waals surface area contributed by atoms with Gasteiger partial charge in [-0.3, -0.25) is 4.90 Å². The van der Waals surface area contributed by atoms with E-state index in [0.717, 1.165) is 18.1 Å². The maximum atomic E-state index is 2.84. The molecule has 27 heavy (non-hydrogen) atoms. The van der Waals surface area contributed by atoms with Crippen molar-refractivity contribution in [1.29, 1.82) is 0 Å². The van der Waals surface area contributed by atoms with Crippen LogP contribution in [0.4, 0.5) is 0 Å². The van der Waals surface area contributed by atoms with Crippen LogP contribution in [0.5, 0.6) is 0 Å². The highest BCUT2D eigenvalue weighted by Crippen LogP contribution is 2.42. The van der Waals surface area contributed by atoms with Gasteiger partial charge in [-0.2, -0.15) is 0 Å². The fourth-order valence-corrected chi connectivity index (χ4v) is 5.87. The number of hydrogen-bond acceptors (Lipinski definition) is 4. The Morgan fingerprint density at radius 1 is 0.704 bits per heavy atom. The predicted molar refractivity (Wildman–Crippen MR) is 116 cm³/mol. The minimum atomic E-state index is 0.702. The second-order valence-corrected chi connectivity index (χ2v) is 9.84. The fraction of sp³-hybridized carbons (Fsp3) is 1.00. The van der Waals surface area contributed by atoms with E-state index in [-0.39, 0.29) is 0 Å². The topological polar surface area (TPSA) is 13.0 Å². The van der Waals surface area contributed by atoms with Gasteiger partial charge < -0.3 is 14.7 Å². The third kappa shape index (κ3) is 5.07. The molecule has 4 aliphatic heterocycles. The standard InChI is InChI=1S/C21H40N4.C2H6/c1-18(2)23-10-4-19(5-11-23)24-12-6-20(7-13-24)25-16-21(17-25)8-14-22(3)15-9-21;1-2/h18-20H,4-17H2,1-3H3;1-2H3. The Balaban J connectivity index is 0.00000102. The minimum Gasteiger partial charge on any atom is -0.306 e. The molecule has 4 rings (SSSR count). The summed E-state index contributed by atoms with van der Waals surface area (Å²) in [6, 6.07) is 2.48. The molecule has 4 fully saturated rings. The summed E-state index contributed by atoms with van der Waals surface area (Å²) in [6.45, 7) is 19.5. The summed E-state index contributed by atoms with van der Waals surface area (Å²) in [6.07, 6.45) is 8.49. The second kappa shape index (κ2) is 9.56. The molecule has 0 saturated carbocycles. The van der Waals surface area contributed by atoms with Gasteiger partial charge in [-0.25, -0.2) is 0 Å². The van der Waals surface area contributed by atoms with Gasteiger partial charge in [-0.15, -0.1) is 0 Å². The molecule has 0 aromatic heterocycles. The summed E-state index contributed by atoms with van der Waals surface area (Å²) in [7, 11) is 2.28. The zero-order valence-corrected chi connectivity index (χ0v) is 18.9. The highest BCUT2D eigenvalue weighted by molar-refractivity contribution is 5.01. The van der Waals surface area contributed by atoms with Crippen LogP contribution in [-0.2, 0) is 0 Å². The number of likely N-dealkylation sites (tertiary alicyclic amines) is 4. The van der Waals surface area contributed by atoms with Crippen molar-refractivity contribution in [2.24, 2.45) is 5.41 Å². The van der Waals surface area contributed by atoms with E-state index in [9.17, 15) is 0 Å². The molecule has 0 aromatic rings. The minimum absolute atomic E-state index is 0.702. The monoisotopic (exact) mass is 378 g/mol. The van der Waals surface area contributed by atoms with Gasteiger partial charge in [0.1, 0.15) is 0 Å². The molecule has 0 N–H and O–H groups in total. The quantitative estimate of drug-likeness (QED) is 0.746. The van der Waals surface area contributed by atoms with E-state index in [0.29, 0.717) is 5.41 Å². The molecule has 158 valence electrons. The first-order valence-corrected chi connectivity index (χ1v) is 12.0. The van der Waals surface area contributed by atoms with Gasteiger partial charge >= 0.3 is 0 Å². The van der Waals surface area contributed by atoms with Crippen LogP contribution in [0, 0.1) is 5.41 Å². The Morgan fingerprint density at radius 2 is 1.19 bits per heavy atom. The highest BCUT2D eigenvalue weighted by atomic mass is 15.3. The smallest absolute Gasteiger partial charge is 0.0120 e. The molecular formula is C23H46N4. The SMILES string of the molecule is CC.CC(C)N1CCC(N2CCC(N3CC4(CCN(C)CC4)C3)CC2)CC1. The molecule has 0 radical (unpaired) electrons. The van der Waals surface area contributed by atoms with Crippen LogP contribution in [0.1, 0.15) is 66.2 Å². The molecule has 4 aliphatic rings. The summed E-state index contributed by atoms with van der Waals surface area (Å²) >= 11 is 0. The van der Waals surface area contributed by atoms with Gasteiger partial charge in [0.15, 0.2) is 0 Å². The van der Waals surface area contributed by atoms with Gasteiger partial charge in [0.2, 0.25) is 0 Å². The molecule has 0 bridgehead atoms. The van der Waals surface area contributed by atoms with Crippen molar-refractivity contribution in [3.05, 3.63) is 0 Å². The molecule has 4 heteroatoms. The van der Waals surface area contributed by atoms with Gasteiger partial charge in [0.05, 0.1) is 0 Å². The first kappa shape index (κ1) is 21.5. The molecule has 0 unspecified atom stereocenters. The lowest BCUT2D eigenvalue weighted by molar-refractivity contribution is -0.0805. The number of piperidine rings is 3. The summed E-state index contributed by atoms with van der Waals surface area (Å²) in [4.78, 5) is 10.8. The van der Waals surface area contributed by atoms with E-state index in [1.165, 1.54) is 90.9 Å². The van der Waals surface area contributed by atoms with Crippen LogP contribution in [0.15, 0.2) is 0 Å². The Morgan fingerprint density at radius 3 is 1.70 bits per heavy atom. The largest absolute Gasteiger partial charge is 0.306 e. The lowest BCUT2D eigenvalue weighted by atomic mass is 9.71. The first-order valence-electron chi connectivity index (χ1n) is 12.0. The molecule has 1 spiro atoms. The van der Waals surface area contributed by atoms with E-state index < -0.39 is 0 Å². The van der Waals surface area contributed by atoms with Crippen LogP contribution in [0.2, 0.25) is 0 Å². The van der Waals surface area contributed by atoms with Crippen molar-refractivity contribution < 1.29 is 0 Å². The Labute approximate surface area is 169 Å². The number of hydrogen-bond donors (Lipinski definition) is 0. The molecule has 0 aliphatic carbocycles. The Bertz CT molecular complexity index is 420. The van der Waals surface area contributed by atoms with Crippen molar-refractivity contribution in [1.82, 2.24) is 19.6 Å². The maximum absolute atomic E-state index is 2.84. The fourth-order valence-electron chi connectivity index (χ4n) is 5.87. The Hall–Kier alpha value is -0.160. The van der Waals surface area contributed by atoms with Gasteiger partial charge in [-0.05, 0) is 104 Å². The molecule has 0 amide bonds. The molecule has 0 aromatic carbocycles. The second-order valence-electron chi connectivity index (χ2n) is 9.84. The van der Waals surface area contributed by atoms with E-state index in [1.54, 1.807) is 0 Å². The average Bonchev–Trinajstić information content (AvgIpc) is 2.69. The lowest BCUT2D eigenvalue weighted by Gasteiger charge is -2.57. The van der Waals surface area contributed by atoms with Crippen molar-refractivity contribution >= 4 is 0 Å². The number of rotatable bonds is 3. The third-order valence-electron chi connectivity index (χ3n) is 7.89. The normalized spacial score (nSPS) is 29.6. The molecule has 4 heterocycles. The van der Waals surface area contributed by atoms with E-state index in [1.807, 2.05) is 13.8 Å². The first-order chi connectivity index (χ1) is 13.0. The van der Waals surface area contributed by atoms with Crippen molar-refractivity contribution in [3.8, 4) is 0 Å². The summed E-state index contributed by atoms with van der Waals surface area (Å²) in [5.41, 5.74) is 0.702. The van der Waals surface area contributed by atoms with Crippen molar-refractivity contribution in [2.45, 2.75) is 84.3 Å². The van der Waals surface area contributed by atoms with Crippen LogP contribution in [0.3, 0.4) is 0 Å². The predicted octanol–water partition coefficient (Wildman–Crippen LogP) is 3.38. The Kier molecular flexibility index (Phi) is 7.63. The molecule has 0 atom stereocenters. The zero-order valence-electron chi connectivity index (χ0n) is 18.9. The van der Waals surface area contributed by atoms with Crippen LogP contribution < -0.4 is 0 Å². The van der Waals surface area contributed by atoms with Crippen LogP contribution in [-0.4, -0.2) is 97.1 Å². The summed E-state index contributed by atoms with van der Waals surface area (Å²) in [5.74, 6) is 0. The highest BCUT2D eigenvalue weighted by Gasteiger charge is 2.46. The van der Waals surface area contributed by atoms with Gasteiger partial charge in [0, 0.05) is 31.2 Å². The van der Waals surface area contributed by atoms with Crippen molar-refractivity contribution in [2.75, 3.05) is 59.4 Å². The molecule has 4 saturated heterocycles. The van der Waals surface area contributed by atoms with E-state index in [2.05, 4.69) is 40.5 Å². The van der Waals surface area contributed by atoms with Gasteiger partial charge in [-0.1, -0.05) is 13.8 Å². The van der Waals surface area contributed by atoms with E-state index >= 15 is 0 Å². The number of nitrogens with zero attached hydrogens (tertiary/aromatic N) is 4. The van der Waals surface area contributed by atoms with Crippen LogP contribution in [0.25, 0.3) is 0 Å². The molecule has 4 nitrogen and oxygen atoms in total. The van der Waals surface area contributed by atoms with E-state index in [4.69, 9.17) is 0 Å². The van der Waals surface area contributed by atoms with Gasteiger partial charge in [0.25, 0.3) is 0 Å². The lowest BCUT2D eigenvalue weighted by Crippen LogP contribution is -2.64. The average molecular weight is 379 g/mol. The summed E-state index contributed by atoms with van der Waals surface area (Å²) < 4.78 is 0.